The zero-order valence-corrected chi connectivity index (χ0v) is 8.74. The molecule has 76 valence electrons. The Morgan fingerprint density at radius 3 is 2.80 bits per heavy atom. The van der Waals surface area contributed by atoms with Crippen LogP contribution in [-0.4, -0.2) is 5.60 Å². The molecule has 0 amide bonds. The Hall–Kier alpha value is -1.95. The Bertz CT molecular complexity index is 481. The third-order valence-electron chi connectivity index (χ3n) is 2.34. The van der Waals surface area contributed by atoms with Crippen molar-refractivity contribution in [3.8, 4) is 11.8 Å². The van der Waals surface area contributed by atoms with Crippen LogP contribution in [0.4, 0.5) is 5.69 Å². The average molecular weight is 200 g/mol. The van der Waals surface area contributed by atoms with E-state index in [1.165, 1.54) is 0 Å². The van der Waals surface area contributed by atoms with Crippen molar-refractivity contribution in [1.29, 1.82) is 5.26 Å². The van der Waals surface area contributed by atoms with Gasteiger partial charge in [0.1, 0.15) is 17.4 Å². The van der Waals surface area contributed by atoms with Crippen molar-refractivity contribution in [2.75, 3.05) is 5.73 Å². The first kappa shape index (κ1) is 9.60. The van der Waals surface area contributed by atoms with Gasteiger partial charge in [-0.2, -0.15) is 5.26 Å². The molecule has 0 saturated heterocycles. The van der Waals surface area contributed by atoms with Gasteiger partial charge in [0.05, 0.1) is 11.3 Å². The highest BCUT2D eigenvalue weighted by atomic mass is 16.5. The minimum Gasteiger partial charge on any atom is -0.483 e. The van der Waals surface area contributed by atoms with Crippen molar-refractivity contribution in [1.82, 2.24) is 0 Å². The van der Waals surface area contributed by atoms with Crippen molar-refractivity contribution < 1.29 is 4.74 Å². The molecule has 0 atom stereocenters. The Kier molecular flexibility index (Phi) is 1.94. The van der Waals surface area contributed by atoms with Crippen molar-refractivity contribution in [3.05, 3.63) is 29.3 Å². The van der Waals surface area contributed by atoms with Gasteiger partial charge in [0.2, 0.25) is 0 Å². The second kappa shape index (κ2) is 3.03. The van der Waals surface area contributed by atoms with Gasteiger partial charge in [-0.3, -0.25) is 0 Å². The molecular formula is C12H12N2O. The predicted octanol–water partition coefficient (Wildman–Crippen LogP) is 2.32. The number of ether oxygens (including phenoxy) is 1. The van der Waals surface area contributed by atoms with Crippen LogP contribution in [0.2, 0.25) is 0 Å². The summed E-state index contributed by atoms with van der Waals surface area (Å²) >= 11 is 0. The number of nitrogens with zero attached hydrogens (tertiary/aromatic N) is 1. The number of nitrogen functional groups attached to an aromatic ring is 1. The molecule has 2 N–H and O–H groups in total. The lowest BCUT2D eigenvalue weighted by atomic mass is 10.0. The van der Waals surface area contributed by atoms with E-state index in [9.17, 15) is 0 Å². The highest BCUT2D eigenvalue weighted by Crippen LogP contribution is 2.33. The summed E-state index contributed by atoms with van der Waals surface area (Å²) in [5, 5.41) is 8.83. The molecule has 0 aliphatic carbocycles. The second-order valence-corrected chi connectivity index (χ2v) is 4.13. The Morgan fingerprint density at radius 1 is 1.40 bits per heavy atom. The Morgan fingerprint density at radius 2 is 2.13 bits per heavy atom. The quantitative estimate of drug-likeness (QED) is 0.654. The fourth-order valence-electron chi connectivity index (χ4n) is 1.54. The number of nitrogens with two attached hydrogens (primary N) is 1. The third kappa shape index (κ3) is 1.66. The fraction of sp³-hybridized carbons (Fsp3) is 0.250. The van der Waals surface area contributed by atoms with Gasteiger partial charge in [-0.1, -0.05) is 6.08 Å². The van der Waals surface area contributed by atoms with E-state index in [0.717, 1.165) is 11.3 Å². The van der Waals surface area contributed by atoms with Gasteiger partial charge in [-0.15, -0.1) is 0 Å². The first-order valence-corrected chi connectivity index (χ1v) is 4.74. The molecule has 0 saturated carbocycles. The lowest BCUT2D eigenvalue weighted by molar-refractivity contribution is 0.159. The molecule has 1 aromatic rings. The van der Waals surface area contributed by atoms with E-state index in [2.05, 4.69) is 6.07 Å². The van der Waals surface area contributed by atoms with Crippen molar-refractivity contribution in [2.24, 2.45) is 0 Å². The van der Waals surface area contributed by atoms with Gasteiger partial charge in [0.25, 0.3) is 0 Å². The third-order valence-corrected chi connectivity index (χ3v) is 2.34. The molecule has 0 spiro atoms. The average Bonchev–Trinajstić information content (AvgIpc) is 2.15. The standard InChI is InChI=1S/C12H12N2O/c1-12(2)4-3-8-5-9(7-13)10(14)6-11(8)15-12/h3-6H,14H2,1-2H3. The topological polar surface area (TPSA) is 59.0 Å². The van der Waals surface area contributed by atoms with Gasteiger partial charge >= 0.3 is 0 Å². The van der Waals surface area contributed by atoms with E-state index in [4.69, 9.17) is 15.7 Å². The van der Waals surface area contributed by atoms with E-state index in [1.807, 2.05) is 26.0 Å². The van der Waals surface area contributed by atoms with Crippen molar-refractivity contribution in [2.45, 2.75) is 19.4 Å². The summed E-state index contributed by atoms with van der Waals surface area (Å²) < 4.78 is 5.72. The van der Waals surface area contributed by atoms with E-state index >= 15 is 0 Å². The molecule has 3 heteroatoms. The molecule has 0 bridgehead atoms. The Labute approximate surface area is 88.8 Å². The second-order valence-electron chi connectivity index (χ2n) is 4.13. The van der Waals surface area contributed by atoms with Gasteiger partial charge in [0.15, 0.2) is 0 Å². The number of benzene rings is 1. The number of fused-ring (bicyclic) bond motifs is 1. The largest absolute Gasteiger partial charge is 0.483 e. The number of hydrogen-bond donors (Lipinski definition) is 1. The molecule has 1 aliphatic rings. The lowest BCUT2D eigenvalue weighted by Crippen LogP contribution is -2.27. The molecule has 1 aliphatic heterocycles. The summed E-state index contributed by atoms with van der Waals surface area (Å²) in [5.74, 6) is 0.735. The summed E-state index contributed by atoms with van der Waals surface area (Å²) in [6.07, 6.45) is 3.92. The van der Waals surface area contributed by atoms with E-state index in [0.29, 0.717) is 11.3 Å². The maximum absolute atomic E-state index is 8.83. The van der Waals surface area contributed by atoms with Gasteiger partial charge < -0.3 is 10.5 Å². The normalized spacial score (nSPS) is 16.3. The molecule has 0 unspecified atom stereocenters. The van der Waals surface area contributed by atoms with Crippen LogP contribution in [0, 0.1) is 11.3 Å². The maximum Gasteiger partial charge on any atom is 0.129 e. The van der Waals surface area contributed by atoms with Crippen LogP contribution in [0.3, 0.4) is 0 Å². The minimum absolute atomic E-state index is 0.312. The van der Waals surface area contributed by atoms with Gasteiger partial charge in [-0.25, -0.2) is 0 Å². The van der Waals surface area contributed by atoms with E-state index < -0.39 is 0 Å². The monoisotopic (exact) mass is 200 g/mol. The van der Waals surface area contributed by atoms with Gasteiger partial charge in [0, 0.05) is 11.6 Å². The van der Waals surface area contributed by atoms with E-state index in [-0.39, 0.29) is 5.60 Å². The molecule has 0 fully saturated rings. The molecule has 0 aromatic heterocycles. The maximum atomic E-state index is 8.83. The Balaban J connectivity index is 2.55. The van der Waals surface area contributed by atoms with Crippen molar-refractivity contribution >= 4 is 11.8 Å². The lowest BCUT2D eigenvalue weighted by Gasteiger charge is -2.28. The van der Waals surface area contributed by atoms with Crippen LogP contribution in [-0.2, 0) is 0 Å². The molecule has 0 radical (unpaired) electrons. The highest BCUT2D eigenvalue weighted by Gasteiger charge is 2.22. The minimum atomic E-state index is -0.312. The van der Waals surface area contributed by atoms with Crippen LogP contribution in [0.1, 0.15) is 25.0 Å². The zero-order chi connectivity index (χ0) is 11.1. The first-order chi connectivity index (χ1) is 7.02. The first-order valence-electron chi connectivity index (χ1n) is 4.74. The highest BCUT2D eigenvalue weighted by molar-refractivity contribution is 5.69. The zero-order valence-electron chi connectivity index (χ0n) is 8.74. The summed E-state index contributed by atoms with van der Waals surface area (Å²) in [5.41, 5.74) is 7.26. The molecule has 15 heavy (non-hydrogen) atoms. The summed E-state index contributed by atoms with van der Waals surface area (Å²) in [7, 11) is 0. The van der Waals surface area contributed by atoms with Crippen LogP contribution in [0.15, 0.2) is 18.2 Å². The SMILES string of the molecule is CC1(C)C=Cc2cc(C#N)c(N)cc2O1. The molecule has 3 nitrogen and oxygen atoms in total. The molecular weight excluding hydrogens is 188 g/mol. The molecule has 1 heterocycles. The summed E-state index contributed by atoms with van der Waals surface area (Å²) in [6, 6.07) is 5.51. The number of anilines is 1. The van der Waals surface area contributed by atoms with Crippen LogP contribution in [0.5, 0.6) is 5.75 Å². The molecule has 2 rings (SSSR count). The van der Waals surface area contributed by atoms with Gasteiger partial charge in [-0.05, 0) is 26.0 Å². The number of hydrogen-bond acceptors (Lipinski definition) is 3. The summed E-state index contributed by atoms with van der Waals surface area (Å²) in [6.45, 7) is 3.95. The summed E-state index contributed by atoms with van der Waals surface area (Å²) in [4.78, 5) is 0. The predicted molar refractivity (Wildman–Crippen MR) is 59.3 cm³/mol. The van der Waals surface area contributed by atoms with Crippen molar-refractivity contribution in [3.63, 3.8) is 0 Å². The number of rotatable bonds is 0. The van der Waals surface area contributed by atoms with E-state index in [1.54, 1.807) is 12.1 Å². The number of nitriles is 1. The van der Waals surface area contributed by atoms with Crippen LogP contribution < -0.4 is 10.5 Å². The smallest absolute Gasteiger partial charge is 0.129 e. The molecule has 1 aromatic carbocycles. The van der Waals surface area contributed by atoms with Crippen LogP contribution in [0.25, 0.3) is 6.08 Å². The van der Waals surface area contributed by atoms with Crippen LogP contribution >= 0.6 is 0 Å². The fourth-order valence-corrected chi connectivity index (χ4v) is 1.54.